The molecule has 1 heterocycles. The van der Waals surface area contributed by atoms with Crippen molar-refractivity contribution in [1.29, 1.82) is 0 Å². The summed E-state index contributed by atoms with van der Waals surface area (Å²) in [7, 11) is -1.06. The molecule has 0 bridgehead atoms. The van der Waals surface area contributed by atoms with Gasteiger partial charge in [0.2, 0.25) is 5.47 Å². The van der Waals surface area contributed by atoms with Crippen LogP contribution in [-0.2, 0) is 14.8 Å². The fourth-order valence-electron chi connectivity index (χ4n) is 0.926. The molecule has 0 aromatic carbocycles. The predicted molar refractivity (Wildman–Crippen MR) is 46.7 cm³/mol. The van der Waals surface area contributed by atoms with Gasteiger partial charge in [-0.1, -0.05) is 0 Å². The SMILES string of the molecule is CCOC(C)([PH2]=O)n1cc[c]n1. The smallest absolute Gasteiger partial charge is 0.205 e. The van der Waals surface area contributed by atoms with Crippen molar-refractivity contribution in [1.82, 2.24) is 9.78 Å². The Balaban J connectivity index is 2.87. The molecule has 0 fully saturated rings. The third-order valence-corrected chi connectivity index (χ3v) is 2.43. The number of nitrogens with zero attached hydrogens (tertiary/aromatic N) is 2. The quantitative estimate of drug-likeness (QED) is 0.663. The first-order valence-corrected chi connectivity index (χ1v) is 4.80. The van der Waals surface area contributed by atoms with Crippen molar-refractivity contribution >= 4 is 8.46 Å². The van der Waals surface area contributed by atoms with Gasteiger partial charge in [-0.15, -0.1) is 0 Å². The minimum absolute atomic E-state index is 0.519. The highest BCUT2D eigenvalue weighted by Crippen LogP contribution is 2.28. The molecule has 2 unspecified atom stereocenters. The fraction of sp³-hybridized carbons (Fsp3) is 0.571. The zero-order valence-electron chi connectivity index (χ0n) is 7.15. The molecule has 1 aromatic heterocycles. The Bertz CT molecular complexity index is 250. The molecule has 2 atom stereocenters. The topological polar surface area (TPSA) is 44.1 Å². The molecule has 0 saturated heterocycles. The van der Waals surface area contributed by atoms with Gasteiger partial charge in [-0.3, -0.25) is 0 Å². The van der Waals surface area contributed by atoms with Gasteiger partial charge in [-0.25, -0.2) is 4.68 Å². The number of rotatable bonds is 4. The van der Waals surface area contributed by atoms with E-state index >= 15 is 0 Å². The molecule has 1 aromatic rings. The average Bonchev–Trinajstić information content (AvgIpc) is 2.57. The van der Waals surface area contributed by atoms with E-state index in [1.807, 2.05) is 6.92 Å². The number of ether oxygens (including phenoxy) is 1. The number of hydrogen-bond acceptors (Lipinski definition) is 3. The molecule has 67 valence electrons. The van der Waals surface area contributed by atoms with Crippen LogP contribution in [0.15, 0.2) is 12.3 Å². The summed E-state index contributed by atoms with van der Waals surface area (Å²) in [5.41, 5.74) is -0.783. The second-order valence-corrected chi connectivity index (χ2v) is 3.80. The van der Waals surface area contributed by atoms with Crippen molar-refractivity contribution in [3.05, 3.63) is 18.5 Å². The summed E-state index contributed by atoms with van der Waals surface area (Å²) in [6.45, 7) is 4.13. The summed E-state index contributed by atoms with van der Waals surface area (Å²) in [4.78, 5) is 0. The Morgan fingerprint density at radius 1 is 1.83 bits per heavy atom. The van der Waals surface area contributed by atoms with Crippen LogP contribution in [0.25, 0.3) is 0 Å². The van der Waals surface area contributed by atoms with Crippen LogP contribution in [0.1, 0.15) is 13.8 Å². The largest absolute Gasteiger partial charge is 0.348 e. The van der Waals surface area contributed by atoms with Crippen LogP contribution in [0, 0.1) is 6.20 Å². The Kier molecular flexibility index (Phi) is 3.06. The molecule has 12 heavy (non-hydrogen) atoms. The van der Waals surface area contributed by atoms with E-state index in [0.29, 0.717) is 6.61 Å². The minimum atomic E-state index is -1.06. The highest BCUT2D eigenvalue weighted by atomic mass is 31.1. The lowest BCUT2D eigenvalue weighted by Crippen LogP contribution is -2.27. The molecule has 4 nitrogen and oxygen atoms in total. The Morgan fingerprint density at radius 3 is 3.00 bits per heavy atom. The molecule has 0 amide bonds. The van der Waals surface area contributed by atoms with Crippen LogP contribution in [0.3, 0.4) is 0 Å². The first-order valence-electron chi connectivity index (χ1n) is 3.75. The van der Waals surface area contributed by atoms with Gasteiger partial charge in [-0.2, -0.15) is 5.10 Å². The molecule has 0 spiro atoms. The van der Waals surface area contributed by atoms with Gasteiger partial charge < -0.3 is 9.30 Å². The maximum absolute atomic E-state index is 10.9. The Hall–Kier alpha value is -0.600. The van der Waals surface area contributed by atoms with Crippen LogP contribution in [0.4, 0.5) is 0 Å². The van der Waals surface area contributed by atoms with Gasteiger partial charge >= 0.3 is 0 Å². The average molecular weight is 187 g/mol. The van der Waals surface area contributed by atoms with Gasteiger partial charge in [0.15, 0.2) is 0 Å². The third-order valence-electron chi connectivity index (χ3n) is 1.57. The van der Waals surface area contributed by atoms with Crippen LogP contribution < -0.4 is 0 Å². The van der Waals surface area contributed by atoms with E-state index in [0.717, 1.165) is 0 Å². The molecule has 0 aliphatic carbocycles. The monoisotopic (exact) mass is 187 g/mol. The molecular weight excluding hydrogens is 175 g/mol. The van der Waals surface area contributed by atoms with E-state index in [9.17, 15) is 4.57 Å². The number of aromatic nitrogens is 2. The van der Waals surface area contributed by atoms with Crippen LogP contribution in [-0.4, -0.2) is 16.4 Å². The summed E-state index contributed by atoms with van der Waals surface area (Å²) >= 11 is 0. The minimum Gasteiger partial charge on any atom is -0.348 e. The lowest BCUT2D eigenvalue weighted by molar-refractivity contribution is -0.0224. The van der Waals surface area contributed by atoms with E-state index in [1.54, 1.807) is 19.2 Å². The van der Waals surface area contributed by atoms with E-state index in [4.69, 9.17) is 4.74 Å². The summed E-state index contributed by atoms with van der Waals surface area (Å²) < 4.78 is 17.8. The van der Waals surface area contributed by atoms with Gasteiger partial charge in [0.1, 0.15) is 14.7 Å². The Labute approximate surface area is 72.7 Å². The van der Waals surface area contributed by atoms with E-state index < -0.39 is 13.9 Å². The van der Waals surface area contributed by atoms with Crippen molar-refractivity contribution in [2.75, 3.05) is 6.61 Å². The summed E-state index contributed by atoms with van der Waals surface area (Å²) in [5.74, 6) is 0. The van der Waals surface area contributed by atoms with E-state index in [2.05, 4.69) is 11.3 Å². The zero-order chi connectivity index (χ0) is 9.03. The maximum Gasteiger partial charge on any atom is 0.205 e. The summed E-state index contributed by atoms with van der Waals surface area (Å²) in [5, 5.41) is 3.87. The molecule has 5 heteroatoms. The van der Waals surface area contributed by atoms with Crippen LogP contribution in [0.2, 0.25) is 0 Å². The Morgan fingerprint density at radius 2 is 2.58 bits per heavy atom. The lowest BCUT2D eigenvalue weighted by atomic mass is 10.6. The van der Waals surface area contributed by atoms with Crippen molar-refractivity contribution in [2.45, 2.75) is 19.3 Å². The van der Waals surface area contributed by atoms with Gasteiger partial charge in [0.25, 0.3) is 0 Å². The van der Waals surface area contributed by atoms with Crippen molar-refractivity contribution in [3.63, 3.8) is 0 Å². The van der Waals surface area contributed by atoms with Gasteiger partial charge in [-0.05, 0) is 19.9 Å². The van der Waals surface area contributed by atoms with Crippen molar-refractivity contribution in [2.24, 2.45) is 0 Å². The summed E-state index contributed by atoms with van der Waals surface area (Å²) in [6, 6.07) is 1.66. The highest BCUT2D eigenvalue weighted by Gasteiger charge is 2.24. The van der Waals surface area contributed by atoms with Gasteiger partial charge in [0, 0.05) is 12.8 Å². The molecule has 1 radical (unpaired) electrons. The van der Waals surface area contributed by atoms with Crippen LogP contribution in [0.5, 0.6) is 0 Å². The number of hydrogen-bond donors (Lipinski definition) is 0. The highest BCUT2D eigenvalue weighted by molar-refractivity contribution is 7.24. The zero-order valence-corrected chi connectivity index (χ0v) is 8.30. The molecule has 0 N–H and O–H groups in total. The first-order chi connectivity index (χ1) is 5.73. The van der Waals surface area contributed by atoms with Crippen molar-refractivity contribution in [3.8, 4) is 0 Å². The maximum atomic E-state index is 10.9. The normalized spacial score (nSPS) is 16.8. The second-order valence-electron chi connectivity index (χ2n) is 2.49. The van der Waals surface area contributed by atoms with E-state index in [-0.39, 0.29) is 0 Å². The first kappa shape index (κ1) is 9.49. The van der Waals surface area contributed by atoms with Gasteiger partial charge in [0.05, 0.1) is 0 Å². The standard InChI is InChI=1S/C7H12N2O2P/c1-3-11-7(2,12-10)9-6-4-5-8-9/h4,6H,3,12H2,1-2H3. The molecule has 0 aliphatic heterocycles. The van der Waals surface area contributed by atoms with Crippen molar-refractivity contribution < 1.29 is 9.30 Å². The third kappa shape index (κ3) is 1.76. The molecular formula is C7H12N2O2P. The molecule has 1 rings (SSSR count). The van der Waals surface area contributed by atoms with Crippen LogP contribution >= 0.6 is 8.46 Å². The molecule has 0 saturated carbocycles. The fourth-order valence-corrected chi connectivity index (χ4v) is 1.41. The molecule has 0 aliphatic rings. The van der Waals surface area contributed by atoms with E-state index in [1.165, 1.54) is 4.68 Å². The summed E-state index contributed by atoms with van der Waals surface area (Å²) in [6.07, 6.45) is 4.33. The lowest BCUT2D eigenvalue weighted by Gasteiger charge is -2.23. The predicted octanol–water partition coefficient (Wildman–Crippen LogP) is 1.11. The second kappa shape index (κ2) is 3.87.